The van der Waals surface area contributed by atoms with Crippen LogP contribution in [0, 0.1) is 20.8 Å². The highest BCUT2D eigenvalue weighted by molar-refractivity contribution is 5.98. The Balaban J connectivity index is 1.69. The highest BCUT2D eigenvalue weighted by Gasteiger charge is 2.28. The Bertz CT molecular complexity index is 899. The molecule has 0 radical (unpaired) electrons. The van der Waals surface area contributed by atoms with Crippen LogP contribution in [0.4, 0.5) is 5.69 Å². The quantitative estimate of drug-likeness (QED) is 0.895. The lowest BCUT2D eigenvalue weighted by molar-refractivity contribution is -0.136. The van der Waals surface area contributed by atoms with E-state index in [1.165, 1.54) is 11.1 Å². The van der Waals surface area contributed by atoms with Crippen LogP contribution in [0.25, 0.3) is 0 Å². The van der Waals surface area contributed by atoms with Crippen molar-refractivity contribution >= 4 is 17.5 Å². The molecule has 26 heavy (non-hydrogen) atoms. The van der Waals surface area contributed by atoms with Crippen molar-refractivity contribution in [1.29, 1.82) is 0 Å². The molecule has 0 aliphatic carbocycles. The summed E-state index contributed by atoms with van der Waals surface area (Å²) in [5, 5.41) is 0. The fraction of sp³-hybridized carbons (Fsp3) is 0.368. The number of amides is 2. The van der Waals surface area contributed by atoms with Crippen LogP contribution in [-0.4, -0.2) is 46.3 Å². The second-order valence-electron chi connectivity index (χ2n) is 6.71. The molecule has 0 spiro atoms. The third kappa shape index (κ3) is 3.82. The van der Waals surface area contributed by atoms with Crippen molar-refractivity contribution in [2.24, 2.45) is 0 Å². The van der Waals surface area contributed by atoms with Crippen molar-refractivity contribution in [3.05, 3.63) is 57.3 Å². The summed E-state index contributed by atoms with van der Waals surface area (Å²) in [6, 6.07) is 6.00. The number of carbonyl (C=O) groups is 2. The number of H-pyrrole nitrogens is 1. The van der Waals surface area contributed by atoms with Crippen molar-refractivity contribution < 1.29 is 9.59 Å². The number of rotatable bonds is 3. The fourth-order valence-electron chi connectivity index (χ4n) is 3.18. The van der Waals surface area contributed by atoms with Crippen molar-refractivity contribution in [1.82, 2.24) is 14.9 Å². The van der Waals surface area contributed by atoms with Crippen LogP contribution in [0.15, 0.2) is 29.2 Å². The third-order valence-electron chi connectivity index (χ3n) is 4.43. The maximum absolute atomic E-state index is 12.5. The largest absolute Gasteiger partial charge is 0.331 e. The van der Waals surface area contributed by atoms with E-state index in [4.69, 9.17) is 0 Å². The zero-order valence-electron chi connectivity index (χ0n) is 15.2. The molecule has 1 N–H and O–H groups in total. The number of piperazine rings is 1. The number of aromatic amines is 1. The topological polar surface area (TPSA) is 86.4 Å². The number of aryl methyl sites for hydroxylation is 3. The standard InChI is InChI=1S/C19H22N4O3/c1-12-6-13(2)8-16(7-12)23-5-4-22(11-18(23)25)17(24)9-15-10-20-14(3)21-19(15)26/h6-8,10H,4-5,9,11H2,1-3H3,(H,20,21,26). The molecule has 7 nitrogen and oxygen atoms in total. The maximum Gasteiger partial charge on any atom is 0.254 e. The summed E-state index contributed by atoms with van der Waals surface area (Å²) in [6.07, 6.45) is 1.36. The lowest BCUT2D eigenvalue weighted by Gasteiger charge is -2.34. The fourth-order valence-corrected chi connectivity index (χ4v) is 3.18. The number of nitrogens with one attached hydrogen (secondary N) is 1. The molecule has 0 unspecified atom stereocenters. The Labute approximate surface area is 151 Å². The highest BCUT2D eigenvalue weighted by Crippen LogP contribution is 2.21. The average Bonchev–Trinajstić information content (AvgIpc) is 2.56. The van der Waals surface area contributed by atoms with E-state index in [9.17, 15) is 14.4 Å². The van der Waals surface area contributed by atoms with Gasteiger partial charge in [0.05, 0.1) is 6.42 Å². The lowest BCUT2D eigenvalue weighted by Crippen LogP contribution is -2.53. The van der Waals surface area contributed by atoms with Crippen LogP contribution in [0.3, 0.4) is 0 Å². The molecule has 1 aliphatic heterocycles. The second-order valence-corrected chi connectivity index (χ2v) is 6.71. The molecule has 0 bridgehead atoms. The summed E-state index contributed by atoms with van der Waals surface area (Å²) < 4.78 is 0. The van der Waals surface area contributed by atoms with Gasteiger partial charge in [-0.15, -0.1) is 0 Å². The monoisotopic (exact) mass is 354 g/mol. The highest BCUT2D eigenvalue weighted by atomic mass is 16.2. The zero-order valence-corrected chi connectivity index (χ0v) is 15.2. The van der Waals surface area contributed by atoms with Crippen LogP contribution in [0.1, 0.15) is 22.5 Å². The van der Waals surface area contributed by atoms with Gasteiger partial charge in [-0.25, -0.2) is 4.98 Å². The average molecular weight is 354 g/mol. The number of benzene rings is 1. The molecule has 1 aliphatic rings. The SMILES string of the molecule is Cc1cc(C)cc(N2CCN(C(=O)Cc3cnc(C)[nH]c3=O)CC2=O)c1. The first-order valence-corrected chi connectivity index (χ1v) is 8.55. The molecule has 3 rings (SSSR count). The summed E-state index contributed by atoms with van der Waals surface area (Å²) in [5.74, 6) is 0.142. The molecule has 136 valence electrons. The van der Waals surface area contributed by atoms with Gasteiger partial charge in [-0.3, -0.25) is 14.4 Å². The summed E-state index contributed by atoms with van der Waals surface area (Å²) in [7, 11) is 0. The smallest absolute Gasteiger partial charge is 0.254 e. The van der Waals surface area contributed by atoms with E-state index in [1.54, 1.807) is 11.8 Å². The number of aromatic nitrogens is 2. The van der Waals surface area contributed by atoms with Crippen LogP contribution in [0.5, 0.6) is 0 Å². The molecular formula is C19H22N4O3. The number of hydrogen-bond donors (Lipinski definition) is 1. The van der Waals surface area contributed by atoms with Gasteiger partial charge in [-0.1, -0.05) is 6.07 Å². The molecule has 1 aromatic heterocycles. The van der Waals surface area contributed by atoms with Crippen molar-refractivity contribution in [2.45, 2.75) is 27.2 Å². The van der Waals surface area contributed by atoms with Gasteiger partial charge in [0, 0.05) is 30.5 Å². The molecule has 1 fully saturated rings. The predicted octanol–water partition coefficient (Wildman–Crippen LogP) is 1.11. The van der Waals surface area contributed by atoms with Gasteiger partial charge in [-0.05, 0) is 44.0 Å². The van der Waals surface area contributed by atoms with Crippen molar-refractivity contribution in [2.75, 3.05) is 24.5 Å². The second kappa shape index (κ2) is 7.11. The minimum Gasteiger partial charge on any atom is -0.331 e. The van der Waals surface area contributed by atoms with E-state index in [0.717, 1.165) is 16.8 Å². The van der Waals surface area contributed by atoms with Gasteiger partial charge < -0.3 is 14.8 Å². The predicted molar refractivity (Wildman–Crippen MR) is 98.1 cm³/mol. The Kier molecular flexibility index (Phi) is 4.88. The minimum absolute atomic E-state index is 0.0169. The molecule has 1 aromatic carbocycles. The van der Waals surface area contributed by atoms with Crippen molar-refractivity contribution in [3.8, 4) is 0 Å². The van der Waals surface area contributed by atoms with Gasteiger partial charge in [-0.2, -0.15) is 0 Å². The first-order valence-electron chi connectivity index (χ1n) is 8.55. The minimum atomic E-state index is -0.314. The summed E-state index contributed by atoms with van der Waals surface area (Å²) in [6.45, 7) is 6.56. The molecular weight excluding hydrogens is 332 g/mol. The maximum atomic E-state index is 12.5. The van der Waals surface area contributed by atoms with E-state index in [2.05, 4.69) is 16.0 Å². The van der Waals surface area contributed by atoms with E-state index in [1.807, 2.05) is 26.0 Å². The summed E-state index contributed by atoms with van der Waals surface area (Å²) >= 11 is 0. The Morgan fingerprint density at radius 3 is 2.42 bits per heavy atom. The lowest BCUT2D eigenvalue weighted by atomic mass is 10.1. The van der Waals surface area contributed by atoms with E-state index >= 15 is 0 Å². The number of anilines is 1. The van der Waals surface area contributed by atoms with Gasteiger partial charge in [0.1, 0.15) is 12.4 Å². The first kappa shape index (κ1) is 17.8. The summed E-state index contributed by atoms with van der Waals surface area (Å²) in [5.41, 5.74) is 3.05. The number of hydrogen-bond acceptors (Lipinski definition) is 4. The number of carbonyl (C=O) groups excluding carboxylic acids is 2. The van der Waals surface area contributed by atoms with E-state index in [0.29, 0.717) is 24.5 Å². The van der Waals surface area contributed by atoms with Crippen LogP contribution in [-0.2, 0) is 16.0 Å². The molecule has 0 atom stereocenters. The Morgan fingerprint density at radius 2 is 1.81 bits per heavy atom. The molecule has 2 aromatic rings. The van der Waals surface area contributed by atoms with Gasteiger partial charge in [0.2, 0.25) is 11.8 Å². The molecule has 0 saturated carbocycles. The molecule has 1 saturated heterocycles. The van der Waals surface area contributed by atoms with Crippen LogP contribution in [0.2, 0.25) is 0 Å². The van der Waals surface area contributed by atoms with Crippen LogP contribution < -0.4 is 10.5 Å². The van der Waals surface area contributed by atoms with Gasteiger partial charge >= 0.3 is 0 Å². The Morgan fingerprint density at radius 1 is 1.12 bits per heavy atom. The first-order chi connectivity index (χ1) is 12.3. The molecule has 2 heterocycles. The molecule has 2 amide bonds. The van der Waals surface area contributed by atoms with Crippen molar-refractivity contribution in [3.63, 3.8) is 0 Å². The zero-order chi connectivity index (χ0) is 18.8. The number of nitrogens with zero attached hydrogens (tertiary/aromatic N) is 3. The van der Waals surface area contributed by atoms with Crippen LogP contribution >= 0.6 is 0 Å². The normalized spacial score (nSPS) is 14.7. The van der Waals surface area contributed by atoms with E-state index in [-0.39, 0.29) is 30.3 Å². The van der Waals surface area contributed by atoms with Gasteiger partial charge in [0.25, 0.3) is 5.56 Å². The summed E-state index contributed by atoms with van der Waals surface area (Å²) in [4.78, 5) is 46.7. The molecule has 7 heteroatoms. The van der Waals surface area contributed by atoms with Gasteiger partial charge in [0.15, 0.2) is 0 Å². The third-order valence-corrected chi connectivity index (χ3v) is 4.43. The Hall–Kier alpha value is -2.96. The van der Waals surface area contributed by atoms with E-state index < -0.39 is 0 Å².